The number of likely N-dealkylation sites (tertiary alicyclic amines) is 1. The van der Waals surface area contributed by atoms with Gasteiger partial charge in [-0.1, -0.05) is 54.6 Å². The Bertz CT molecular complexity index is 1220. The molecule has 0 saturated carbocycles. The number of hydrogen-bond acceptors (Lipinski definition) is 4. The molecule has 5 nitrogen and oxygen atoms in total. The lowest BCUT2D eigenvalue weighted by molar-refractivity contribution is -0.130. The number of benzene rings is 3. The van der Waals surface area contributed by atoms with E-state index in [4.69, 9.17) is 10.7 Å². The highest BCUT2D eigenvalue weighted by Gasteiger charge is 2.49. The van der Waals surface area contributed by atoms with Gasteiger partial charge in [0.2, 0.25) is 0 Å². The summed E-state index contributed by atoms with van der Waals surface area (Å²) in [6, 6.07) is 21.9. The minimum atomic E-state index is -1.36. The maximum atomic E-state index is 13.9. The number of carbonyl (C=O) groups excluding carboxylic acids is 1. The predicted octanol–water partition coefficient (Wildman–Crippen LogP) is 4.81. The first kappa shape index (κ1) is 25.2. The molecule has 0 spiro atoms. The Morgan fingerprint density at radius 3 is 1.89 bits per heavy atom. The minimum absolute atomic E-state index is 0.202. The van der Waals surface area contributed by atoms with Gasteiger partial charge in [-0.05, 0) is 73.7 Å². The highest BCUT2D eigenvalue weighted by molar-refractivity contribution is 6.09. The SMILES string of the molecule is CC1=NC(c2ccc(F)cc2)(c2ccc(F)cc2)C(=O)N1CCCN1CCC(N)(c2ccccc2)CC1. The molecule has 1 fully saturated rings. The van der Waals surface area contributed by atoms with E-state index in [1.807, 2.05) is 25.1 Å². The first-order valence-corrected chi connectivity index (χ1v) is 12.8. The summed E-state index contributed by atoms with van der Waals surface area (Å²) in [5.74, 6) is -0.387. The molecule has 5 rings (SSSR count). The van der Waals surface area contributed by atoms with Gasteiger partial charge < -0.3 is 10.6 Å². The zero-order valence-corrected chi connectivity index (χ0v) is 21.0. The number of hydrogen-bond donors (Lipinski definition) is 1. The lowest BCUT2D eigenvalue weighted by Crippen LogP contribution is -2.48. The van der Waals surface area contributed by atoms with Crippen LogP contribution in [0.3, 0.4) is 0 Å². The molecule has 0 aliphatic carbocycles. The number of amidine groups is 1. The van der Waals surface area contributed by atoms with E-state index in [2.05, 4.69) is 17.0 Å². The van der Waals surface area contributed by atoms with Gasteiger partial charge in [0, 0.05) is 25.2 Å². The Kier molecular flexibility index (Phi) is 6.92. The Morgan fingerprint density at radius 2 is 1.35 bits per heavy atom. The van der Waals surface area contributed by atoms with E-state index < -0.39 is 17.2 Å². The number of aliphatic imine (C=N–C) groups is 1. The maximum absolute atomic E-state index is 13.9. The zero-order chi connectivity index (χ0) is 26.0. The fourth-order valence-electron chi connectivity index (χ4n) is 5.57. The summed E-state index contributed by atoms with van der Waals surface area (Å²) in [6.45, 7) is 4.99. The van der Waals surface area contributed by atoms with Gasteiger partial charge in [0.15, 0.2) is 5.54 Å². The molecule has 0 unspecified atom stereocenters. The molecule has 3 aromatic rings. The van der Waals surface area contributed by atoms with Crippen molar-refractivity contribution in [2.75, 3.05) is 26.2 Å². The van der Waals surface area contributed by atoms with Crippen molar-refractivity contribution in [3.63, 3.8) is 0 Å². The van der Waals surface area contributed by atoms with Crippen LogP contribution >= 0.6 is 0 Å². The number of carbonyl (C=O) groups is 1. The molecule has 2 aliphatic heterocycles. The molecular weight excluding hydrogens is 470 g/mol. The van der Waals surface area contributed by atoms with E-state index in [1.165, 1.54) is 29.8 Å². The van der Waals surface area contributed by atoms with Crippen molar-refractivity contribution in [3.8, 4) is 0 Å². The number of halogens is 2. The van der Waals surface area contributed by atoms with Crippen molar-refractivity contribution in [3.05, 3.63) is 107 Å². The number of piperidine rings is 1. The van der Waals surface area contributed by atoms with Crippen LogP contribution in [-0.4, -0.2) is 47.7 Å². The third-order valence-electron chi connectivity index (χ3n) is 7.75. The van der Waals surface area contributed by atoms with Crippen LogP contribution in [0.15, 0.2) is 83.9 Å². The minimum Gasteiger partial charge on any atom is -0.321 e. The van der Waals surface area contributed by atoms with Crippen LogP contribution in [0.4, 0.5) is 8.78 Å². The van der Waals surface area contributed by atoms with Crippen molar-refractivity contribution >= 4 is 11.7 Å². The quantitative estimate of drug-likeness (QED) is 0.505. The van der Waals surface area contributed by atoms with Crippen LogP contribution in [0.25, 0.3) is 0 Å². The maximum Gasteiger partial charge on any atom is 0.265 e. The molecule has 3 aromatic carbocycles. The fourth-order valence-corrected chi connectivity index (χ4v) is 5.57. The molecular formula is C30H32F2N4O. The summed E-state index contributed by atoms with van der Waals surface area (Å²) in [4.78, 5) is 22.8. The molecule has 37 heavy (non-hydrogen) atoms. The first-order chi connectivity index (χ1) is 17.8. The Hall–Kier alpha value is -3.42. The summed E-state index contributed by atoms with van der Waals surface area (Å²) in [5, 5.41) is 0. The highest BCUT2D eigenvalue weighted by atomic mass is 19.1. The molecule has 0 bridgehead atoms. The lowest BCUT2D eigenvalue weighted by Gasteiger charge is -2.39. The van der Waals surface area contributed by atoms with Crippen molar-refractivity contribution in [2.24, 2.45) is 10.7 Å². The molecule has 2 N–H and O–H groups in total. The smallest absolute Gasteiger partial charge is 0.265 e. The van der Waals surface area contributed by atoms with Gasteiger partial charge in [-0.15, -0.1) is 0 Å². The number of nitrogens with two attached hydrogens (primary N) is 1. The molecule has 7 heteroatoms. The van der Waals surface area contributed by atoms with Crippen LogP contribution in [0.1, 0.15) is 42.9 Å². The molecule has 192 valence electrons. The molecule has 1 saturated heterocycles. The van der Waals surface area contributed by atoms with Gasteiger partial charge in [0.1, 0.15) is 17.5 Å². The van der Waals surface area contributed by atoms with Crippen LogP contribution in [-0.2, 0) is 15.9 Å². The van der Waals surface area contributed by atoms with Crippen molar-refractivity contribution < 1.29 is 13.6 Å². The molecule has 0 radical (unpaired) electrons. The summed E-state index contributed by atoms with van der Waals surface area (Å²) < 4.78 is 27.4. The van der Waals surface area contributed by atoms with Crippen LogP contribution in [0.5, 0.6) is 0 Å². The Morgan fingerprint density at radius 1 is 0.811 bits per heavy atom. The molecule has 2 aliphatic rings. The molecule has 0 atom stereocenters. The van der Waals surface area contributed by atoms with Gasteiger partial charge in [-0.2, -0.15) is 0 Å². The topological polar surface area (TPSA) is 61.9 Å². The summed E-state index contributed by atoms with van der Waals surface area (Å²) in [5.41, 5.74) is 7.37. The number of amides is 1. The second kappa shape index (κ2) is 10.1. The Labute approximate surface area is 216 Å². The summed E-state index contributed by atoms with van der Waals surface area (Å²) in [7, 11) is 0. The lowest BCUT2D eigenvalue weighted by atomic mass is 9.82. The standard InChI is InChI=1S/C30H32F2N4O/c1-22-34-30(24-8-12-26(31)13-9-24,25-10-14-27(32)15-11-25)28(37)36(22)19-5-18-35-20-16-29(33,17-21-35)23-6-3-2-4-7-23/h2-4,6-15H,5,16-21,33H2,1H3. The van der Waals surface area contributed by atoms with Crippen LogP contribution < -0.4 is 5.73 Å². The van der Waals surface area contributed by atoms with E-state index >= 15 is 0 Å². The highest BCUT2D eigenvalue weighted by Crippen LogP contribution is 2.40. The van der Waals surface area contributed by atoms with Crippen molar-refractivity contribution in [1.29, 1.82) is 0 Å². The van der Waals surface area contributed by atoms with Gasteiger partial charge in [-0.3, -0.25) is 9.69 Å². The van der Waals surface area contributed by atoms with Gasteiger partial charge in [-0.25, -0.2) is 13.8 Å². The summed E-state index contributed by atoms with van der Waals surface area (Å²) in [6.07, 6.45) is 2.56. The Balaban J connectivity index is 1.27. The third kappa shape index (κ3) is 4.81. The normalized spacial score (nSPS) is 19.2. The predicted molar refractivity (Wildman–Crippen MR) is 141 cm³/mol. The van der Waals surface area contributed by atoms with Gasteiger partial charge in [0.25, 0.3) is 5.91 Å². The second-order valence-electron chi connectivity index (χ2n) is 10.1. The average molecular weight is 503 g/mol. The van der Waals surface area contributed by atoms with Crippen molar-refractivity contribution in [1.82, 2.24) is 9.80 Å². The third-order valence-corrected chi connectivity index (χ3v) is 7.75. The van der Waals surface area contributed by atoms with E-state index in [-0.39, 0.29) is 11.4 Å². The van der Waals surface area contributed by atoms with Gasteiger partial charge in [0.05, 0.1) is 0 Å². The van der Waals surface area contributed by atoms with E-state index in [0.29, 0.717) is 23.5 Å². The van der Waals surface area contributed by atoms with E-state index in [0.717, 1.165) is 38.9 Å². The van der Waals surface area contributed by atoms with Crippen LogP contribution in [0.2, 0.25) is 0 Å². The first-order valence-electron chi connectivity index (χ1n) is 12.8. The van der Waals surface area contributed by atoms with Crippen LogP contribution in [0, 0.1) is 11.6 Å². The largest absolute Gasteiger partial charge is 0.321 e. The average Bonchev–Trinajstić information content (AvgIpc) is 3.17. The zero-order valence-electron chi connectivity index (χ0n) is 21.0. The second-order valence-corrected chi connectivity index (χ2v) is 10.1. The number of nitrogens with zero attached hydrogens (tertiary/aromatic N) is 3. The monoisotopic (exact) mass is 502 g/mol. The number of rotatable bonds is 7. The van der Waals surface area contributed by atoms with E-state index in [1.54, 1.807) is 29.2 Å². The van der Waals surface area contributed by atoms with Crippen molar-refractivity contribution in [2.45, 2.75) is 37.3 Å². The van der Waals surface area contributed by atoms with E-state index in [9.17, 15) is 13.6 Å². The van der Waals surface area contributed by atoms with Gasteiger partial charge >= 0.3 is 0 Å². The summed E-state index contributed by atoms with van der Waals surface area (Å²) >= 11 is 0. The molecule has 2 heterocycles. The molecule has 0 aromatic heterocycles. The molecule has 1 amide bonds. The fraction of sp³-hybridized carbons (Fsp3) is 0.333.